The maximum absolute atomic E-state index is 12.9. The largest absolute Gasteiger partial charge is 0.360 e. The van der Waals surface area contributed by atoms with Gasteiger partial charge in [0, 0.05) is 17.1 Å². The summed E-state index contributed by atoms with van der Waals surface area (Å²) in [5.74, 6) is -0.526. The van der Waals surface area contributed by atoms with E-state index in [0.717, 1.165) is 16.3 Å². The Morgan fingerprint density at radius 1 is 1.33 bits per heavy atom. The summed E-state index contributed by atoms with van der Waals surface area (Å²) in [7, 11) is 0. The number of nitrogens with zero attached hydrogens (tertiary/aromatic N) is 2. The minimum atomic E-state index is -0.287. The molecule has 0 aliphatic heterocycles. The SMILES string of the molecule is C/C(=N\NC(=O)Cc1csc(-c2ccc(F)cc2)n1)c1ccc[nH]1. The Labute approximate surface area is 142 Å². The maximum Gasteiger partial charge on any atom is 0.246 e. The fourth-order valence-corrected chi connectivity index (χ4v) is 2.90. The number of hydrazone groups is 1. The Kier molecular flexibility index (Phi) is 4.81. The first-order valence-electron chi connectivity index (χ1n) is 7.29. The summed E-state index contributed by atoms with van der Waals surface area (Å²) in [6, 6.07) is 9.86. The summed E-state index contributed by atoms with van der Waals surface area (Å²) in [4.78, 5) is 19.4. The van der Waals surface area contributed by atoms with Crippen LogP contribution in [0, 0.1) is 5.82 Å². The van der Waals surface area contributed by atoms with Crippen LogP contribution >= 0.6 is 11.3 Å². The summed E-state index contributed by atoms with van der Waals surface area (Å²) in [5.41, 5.74) is 5.55. The Bertz CT molecular complexity index is 853. The third-order valence-electron chi connectivity index (χ3n) is 3.32. The zero-order valence-electron chi connectivity index (χ0n) is 12.9. The van der Waals surface area contributed by atoms with Crippen molar-refractivity contribution >= 4 is 23.0 Å². The second-order valence-electron chi connectivity index (χ2n) is 5.14. The van der Waals surface area contributed by atoms with Crippen LogP contribution in [0.3, 0.4) is 0 Å². The van der Waals surface area contributed by atoms with E-state index in [2.05, 4.69) is 20.5 Å². The number of carbonyl (C=O) groups is 1. The molecule has 122 valence electrons. The van der Waals surface area contributed by atoms with Crippen molar-refractivity contribution in [3.05, 3.63) is 65.2 Å². The molecule has 2 heterocycles. The summed E-state index contributed by atoms with van der Waals surface area (Å²) >= 11 is 1.42. The zero-order chi connectivity index (χ0) is 16.9. The molecule has 0 saturated carbocycles. The number of halogens is 1. The molecule has 0 aliphatic carbocycles. The van der Waals surface area contributed by atoms with Gasteiger partial charge in [-0.1, -0.05) is 0 Å². The quantitative estimate of drug-likeness (QED) is 0.551. The van der Waals surface area contributed by atoms with Crippen molar-refractivity contribution in [2.45, 2.75) is 13.3 Å². The van der Waals surface area contributed by atoms with Crippen LogP contribution in [-0.4, -0.2) is 21.6 Å². The van der Waals surface area contributed by atoms with Crippen molar-refractivity contribution in [2.24, 2.45) is 5.10 Å². The number of hydrogen-bond donors (Lipinski definition) is 2. The fraction of sp³-hybridized carbons (Fsp3) is 0.118. The van der Waals surface area contributed by atoms with Gasteiger partial charge in [0.2, 0.25) is 5.91 Å². The van der Waals surface area contributed by atoms with Crippen LogP contribution in [0.5, 0.6) is 0 Å². The van der Waals surface area contributed by atoms with Gasteiger partial charge in [0.1, 0.15) is 10.8 Å². The van der Waals surface area contributed by atoms with Gasteiger partial charge in [-0.05, 0) is 43.3 Å². The Morgan fingerprint density at radius 3 is 2.83 bits per heavy atom. The van der Waals surface area contributed by atoms with E-state index in [-0.39, 0.29) is 18.1 Å². The lowest BCUT2D eigenvalue weighted by Gasteiger charge is -2.00. The average Bonchev–Trinajstić information content (AvgIpc) is 3.25. The lowest BCUT2D eigenvalue weighted by molar-refractivity contribution is -0.120. The van der Waals surface area contributed by atoms with E-state index >= 15 is 0 Å². The summed E-state index contributed by atoms with van der Waals surface area (Å²) in [6.45, 7) is 1.81. The number of amides is 1. The molecule has 0 bridgehead atoms. The molecule has 7 heteroatoms. The standard InChI is InChI=1S/C17H15FN4OS/c1-11(15-3-2-8-19-15)21-22-16(23)9-14-10-24-17(20-14)12-4-6-13(18)7-5-12/h2-8,10,19H,9H2,1H3,(H,22,23)/b21-11+. The number of H-pyrrole nitrogens is 1. The van der Waals surface area contributed by atoms with Crippen molar-refractivity contribution in [3.8, 4) is 10.6 Å². The molecule has 5 nitrogen and oxygen atoms in total. The smallest absolute Gasteiger partial charge is 0.246 e. The minimum Gasteiger partial charge on any atom is -0.360 e. The van der Waals surface area contributed by atoms with Crippen LogP contribution in [-0.2, 0) is 11.2 Å². The van der Waals surface area contributed by atoms with Gasteiger partial charge in [0.05, 0.1) is 23.5 Å². The van der Waals surface area contributed by atoms with Crippen molar-refractivity contribution in [3.63, 3.8) is 0 Å². The van der Waals surface area contributed by atoms with Crippen LogP contribution in [0.2, 0.25) is 0 Å². The third kappa shape index (κ3) is 3.94. The van der Waals surface area contributed by atoms with Gasteiger partial charge < -0.3 is 4.98 Å². The number of thiazole rings is 1. The number of aromatic amines is 1. The van der Waals surface area contributed by atoms with Gasteiger partial charge in [0.15, 0.2) is 0 Å². The molecule has 1 aromatic carbocycles. The van der Waals surface area contributed by atoms with Crippen LogP contribution in [0.15, 0.2) is 53.1 Å². The van der Waals surface area contributed by atoms with E-state index in [0.29, 0.717) is 11.4 Å². The van der Waals surface area contributed by atoms with Gasteiger partial charge in [0.25, 0.3) is 0 Å². The fourth-order valence-electron chi connectivity index (χ4n) is 2.08. The molecule has 0 atom stereocenters. The van der Waals surface area contributed by atoms with E-state index < -0.39 is 0 Å². The zero-order valence-corrected chi connectivity index (χ0v) is 13.7. The first-order valence-corrected chi connectivity index (χ1v) is 8.17. The summed E-state index contributed by atoms with van der Waals surface area (Å²) < 4.78 is 12.9. The maximum atomic E-state index is 12.9. The molecule has 3 rings (SSSR count). The number of nitrogens with one attached hydrogen (secondary N) is 2. The lowest BCUT2D eigenvalue weighted by atomic mass is 10.2. The second kappa shape index (κ2) is 7.18. The normalized spacial score (nSPS) is 11.5. The van der Waals surface area contributed by atoms with Gasteiger partial charge >= 0.3 is 0 Å². The molecule has 0 spiro atoms. The van der Waals surface area contributed by atoms with Crippen LogP contribution < -0.4 is 5.43 Å². The van der Waals surface area contributed by atoms with Gasteiger partial charge in [-0.15, -0.1) is 11.3 Å². The van der Waals surface area contributed by atoms with Crippen molar-refractivity contribution in [1.29, 1.82) is 0 Å². The van der Waals surface area contributed by atoms with Crippen molar-refractivity contribution in [2.75, 3.05) is 0 Å². The van der Waals surface area contributed by atoms with Gasteiger partial charge in [-0.3, -0.25) is 4.79 Å². The monoisotopic (exact) mass is 342 g/mol. The highest BCUT2D eigenvalue weighted by atomic mass is 32.1. The molecular weight excluding hydrogens is 327 g/mol. The number of benzene rings is 1. The van der Waals surface area contributed by atoms with E-state index in [4.69, 9.17) is 0 Å². The molecular formula is C17H15FN4OS. The Morgan fingerprint density at radius 2 is 2.12 bits per heavy atom. The predicted octanol–water partition coefficient (Wildman–Crippen LogP) is 3.36. The molecule has 0 radical (unpaired) electrons. The van der Waals surface area contributed by atoms with Crippen LogP contribution in [0.25, 0.3) is 10.6 Å². The van der Waals surface area contributed by atoms with E-state index in [1.807, 2.05) is 24.4 Å². The average molecular weight is 342 g/mol. The van der Waals surface area contributed by atoms with Crippen LogP contribution in [0.1, 0.15) is 18.3 Å². The van der Waals surface area contributed by atoms with Gasteiger partial charge in [-0.25, -0.2) is 14.8 Å². The summed E-state index contributed by atoms with van der Waals surface area (Å²) in [6.07, 6.45) is 1.93. The predicted molar refractivity (Wildman–Crippen MR) is 92.4 cm³/mol. The number of aromatic nitrogens is 2. The molecule has 2 aromatic heterocycles. The molecule has 0 fully saturated rings. The van der Waals surface area contributed by atoms with Crippen molar-refractivity contribution in [1.82, 2.24) is 15.4 Å². The molecule has 0 unspecified atom stereocenters. The van der Waals surface area contributed by atoms with E-state index in [1.165, 1.54) is 23.5 Å². The minimum absolute atomic E-state index is 0.138. The van der Waals surface area contributed by atoms with Gasteiger partial charge in [-0.2, -0.15) is 5.10 Å². The lowest BCUT2D eigenvalue weighted by Crippen LogP contribution is -2.21. The van der Waals surface area contributed by atoms with Crippen molar-refractivity contribution < 1.29 is 9.18 Å². The summed E-state index contributed by atoms with van der Waals surface area (Å²) in [5, 5.41) is 6.63. The molecule has 1 amide bonds. The second-order valence-corrected chi connectivity index (χ2v) is 6.00. The third-order valence-corrected chi connectivity index (χ3v) is 4.26. The van der Waals surface area contributed by atoms with Crippen LogP contribution in [0.4, 0.5) is 4.39 Å². The topological polar surface area (TPSA) is 70.1 Å². The number of rotatable bonds is 5. The number of carbonyl (C=O) groups excluding carboxylic acids is 1. The molecule has 24 heavy (non-hydrogen) atoms. The Hall–Kier alpha value is -2.80. The first kappa shape index (κ1) is 16.1. The van der Waals surface area contributed by atoms with E-state index in [1.54, 1.807) is 18.3 Å². The molecule has 2 N–H and O–H groups in total. The Balaban J connectivity index is 1.61. The first-order chi connectivity index (χ1) is 11.6. The van der Waals surface area contributed by atoms with E-state index in [9.17, 15) is 9.18 Å². The molecule has 3 aromatic rings. The molecule has 0 aliphatic rings. The highest BCUT2D eigenvalue weighted by Crippen LogP contribution is 2.24. The molecule has 0 saturated heterocycles. The highest BCUT2D eigenvalue weighted by Gasteiger charge is 2.09. The number of hydrogen-bond acceptors (Lipinski definition) is 4. The highest BCUT2D eigenvalue weighted by molar-refractivity contribution is 7.13.